The van der Waals surface area contributed by atoms with Crippen LogP contribution in [0.25, 0.3) is 11.5 Å². The molecule has 7 nitrogen and oxygen atoms in total. The Morgan fingerprint density at radius 2 is 2.08 bits per heavy atom. The van der Waals surface area contributed by atoms with Crippen LogP contribution in [-0.4, -0.2) is 20.7 Å². The van der Waals surface area contributed by atoms with Crippen molar-refractivity contribution in [3.63, 3.8) is 0 Å². The molecular formula is C18H20N4O3. The van der Waals surface area contributed by atoms with Crippen molar-refractivity contribution in [3.8, 4) is 11.5 Å². The second-order valence-corrected chi connectivity index (χ2v) is 6.00. The van der Waals surface area contributed by atoms with E-state index in [1.807, 2.05) is 27.8 Å². The number of aromatic nitrogens is 3. The molecule has 2 N–H and O–H groups in total. The average Bonchev–Trinajstić information content (AvgIpc) is 3.16. The second-order valence-electron chi connectivity index (χ2n) is 6.00. The van der Waals surface area contributed by atoms with Crippen molar-refractivity contribution >= 4 is 5.91 Å². The summed E-state index contributed by atoms with van der Waals surface area (Å²) >= 11 is 0. The minimum atomic E-state index is -0.460. The highest BCUT2D eigenvalue weighted by molar-refractivity contribution is 5.94. The summed E-state index contributed by atoms with van der Waals surface area (Å²) in [5.74, 6) is 0.112. The zero-order valence-electron chi connectivity index (χ0n) is 14.6. The summed E-state index contributed by atoms with van der Waals surface area (Å²) in [6.07, 6.45) is 1.52. The highest BCUT2D eigenvalue weighted by Gasteiger charge is 2.20. The number of hydrogen-bond acceptors (Lipinski definition) is 4. The maximum atomic E-state index is 12.5. The lowest BCUT2D eigenvalue weighted by molar-refractivity contribution is 0.0938. The summed E-state index contributed by atoms with van der Waals surface area (Å²) in [6, 6.07) is 6.36. The van der Waals surface area contributed by atoms with Crippen molar-refractivity contribution in [1.29, 1.82) is 0 Å². The Labute approximate surface area is 144 Å². The molecule has 3 heterocycles. The summed E-state index contributed by atoms with van der Waals surface area (Å²) in [7, 11) is 1.86. The van der Waals surface area contributed by atoms with Crippen LogP contribution >= 0.6 is 0 Å². The molecule has 7 heteroatoms. The SMILES string of the molecule is Cc1nn(C)c(C)c1[C@H](C)NC(=O)c1ccc(-c2ccco2)[nH]c1=O. The fourth-order valence-corrected chi connectivity index (χ4v) is 2.99. The smallest absolute Gasteiger partial charge is 0.261 e. The van der Waals surface area contributed by atoms with Gasteiger partial charge in [-0.2, -0.15) is 5.10 Å². The fraction of sp³-hybridized carbons (Fsp3) is 0.278. The van der Waals surface area contributed by atoms with Gasteiger partial charge in [-0.15, -0.1) is 0 Å². The third kappa shape index (κ3) is 3.13. The summed E-state index contributed by atoms with van der Waals surface area (Å²) in [6.45, 7) is 5.72. The van der Waals surface area contributed by atoms with E-state index in [2.05, 4.69) is 15.4 Å². The number of rotatable bonds is 4. The van der Waals surface area contributed by atoms with Gasteiger partial charge in [0.1, 0.15) is 11.3 Å². The first-order valence-electron chi connectivity index (χ1n) is 7.96. The lowest BCUT2D eigenvalue weighted by Gasteiger charge is -2.14. The highest BCUT2D eigenvalue weighted by atomic mass is 16.3. The van der Waals surface area contributed by atoms with E-state index in [1.54, 1.807) is 22.9 Å². The molecule has 25 heavy (non-hydrogen) atoms. The van der Waals surface area contributed by atoms with Gasteiger partial charge >= 0.3 is 0 Å². The Morgan fingerprint density at radius 1 is 1.32 bits per heavy atom. The van der Waals surface area contributed by atoms with Gasteiger partial charge < -0.3 is 14.7 Å². The molecule has 0 spiro atoms. The van der Waals surface area contributed by atoms with Crippen LogP contribution in [0.3, 0.4) is 0 Å². The van der Waals surface area contributed by atoms with Crippen molar-refractivity contribution in [2.45, 2.75) is 26.8 Å². The lowest BCUT2D eigenvalue weighted by Crippen LogP contribution is -2.32. The van der Waals surface area contributed by atoms with Crippen LogP contribution in [0.1, 0.15) is 40.3 Å². The van der Waals surface area contributed by atoms with E-state index < -0.39 is 11.5 Å². The molecular weight excluding hydrogens is 320 g/mol. The normalized spacial score (nSPS) is 12.2. The van der Waals surface area contributed by atoms with Crippen LogP contribution in [0.15, 0.2) is 39.7 Å². The maximum Gasteiger partial charge on any atom is 0.261 e. The van der Waals surface area contributed by atoms with Gasteiger partial charge in [-0.05, 0) is 45.0 Å². The number of hydrogen-bond donors (Lipinski definition) is 2. The fourth-order valence-electron chi connectivity index (χ4n) is 2.99. The van der Waals surface area contributed by atoms with Crippen LogP contribution in [0.5, 0.6) is 0 Å². The maximum absolute atomic E-state index is 12.5. The van der Waals surface area contributed by atoms with Crippen LogP contribution in [0.4, 0.5) is 0 Å². The molecule has 3 rings (SSSR count). The standard InChI is InChI=1S/C18H20N4O3/c1-10(16-11(2)21-22(4)12(16)3)19-17(23)13-7-8-14(20-18(13)24)15-6-5-9-25-15/h5-10H,1-4H3,(H,19,23)(H,20,24)/t10-/m0/s1. The number of aryl methyl sites for hydroxylation is 2. The Hall–Kier alpha value is -3.09. The van der Waals surface area contributed by atoms with Crippen molar-refractivity contribution in [3.05, 3.63) is 63.4 Å². The quantitative estimate of drug-likeness (QED) is 0.763. The first-order valence-corrected chi connectivity index (χ1v) is 7.96. The van der Waals surface area contributed by atoms with Crippen molar-refractivity contribution in [2.75, 3.05) is 0 Å². The summed E-state index contributed by atoms with van der Waals surface area (Å²) in [4.78, 5) is 27.4. The number of pyridine rings is 1. The van der Waals surface area contributed by atoms with E-state index in [1.165, 1.54) is 12.3 Å². The number of amides is 1. The zero-order chi connectivity index (χ0) is 18.1. The topological polar surface area (TPSA) is 92.9 Å². The molecule has 0 aliphatic carbocycles. The van der Waals surface area contributed by atoms with Crippen molar-refractivity contribution in [2.24, 2.45) is 7.05 Å². The van der Waals surface area contributed by atoms with E-state index in [0.717, 1.165) is 17.0 Å². The van der Waals surface area contributed by atoms with Gasteiger partial charge in [-0.25, -0.2) is 0 Å². The van der Waals surface area contributed by atoms with E-state index in [0.29, 0.717) is 11.5 Å². The molecule has 0 bridgehead atoms. The predicted molar refractivity (Wildman–Crippen MR) is 93.3 cm³/mol. The zero-order valence-corrected chi connectivity index (χ0v) is 14.6. The van der Waals surface area contributed by atoms with Crippen LogP contribution in [0.2, 0.25) is 0 Å². The lowest BCUT2D eigenvalue weighted by atomic mass is 10.1. The molecule has 0 radical (unpaired) electrons. The van der Waals surface area contributed by atoms with E-state index >= 15 is 0 Å². The molecule has 1 atom stereocenters. The molecule has 0 aliphatic heterocycles. The second kappa shape index (κ2) is 6.43. The van der Waals surface area contributed by atoms with E-state index in [4.69, 9.17) is 4.42 Å². The van der Waals surface area contributed by atoms with Crippen LogP contribution in [-0.2, 0) is 7.05 Å². The Bertz CT molecular complexity index is 967. The van der Waals surface area contributed by atoms with Crippen LogP contribution < -0.4 is 10.9 Å². The van der Waals surface area contributed by atoms with Crippen molar-refractivity contribution in [1.82, 2.24) is 20.1 Å². The first-order chi connectivity index (χ1) is 11.9. The van der Waals surface area contributed by atoms with Gasteiger partial charge in [-0.3, -0.25) is 14.3 Å². The van der Waals surface area contributed by atoms with Gasteiger partial charge in [-0.1, -0.05) is 0 Å². The van der Waals surface area contributed by atoms with Gasteiger partial charge in [0.05, 0.1) is 23.7 Å². The summed E-state index contributed by atoms with van der Waals surface area (Å²) in [5, 5.41) is 7.22. The molecule has 130 valence electrons. The van der Waals surface area contributed by atoms with Gasteiger partial charge in [0.25, 0.3) is 11.5 Å². The third-order valence-corrected chi connectivity index (χ3v) is 4.29. The Balaban J connectivity index is 1.83. The van der Waals surface area contributed by atoms with E-state index in [9.17, 15) is 9.59 Å². The molecule has 3 aromatic rings. The number of nitrogens with one attached hydrogen (secondary N) is 2. The van der Waals surface area contributed by atoms with E-state index in [-0.39, 0.29) is 11.6 Å². The van der Waals surface area contributed by atoms with Crippen LogP contribution in [0, 0.1) is 13.8 Å². The molecule has 0 saturated heterocycles. The minimum Gasteiger partial charge on any atom is -0.463 e. The molecule has 3 aromatic heterocycles. The Kier molecular flexibility index (Phi) is 4.31. The number of carbonyl (C=O) groups is 1. The number of carbonyl (C=O) groups excluding carboxylic acids is 1. The van der Waals surface area contributed by atoms with Crippen molar-refractivity contribution < 1.29 is 9.21 Å². The number of aromatic amines is 1. The first kappa shape index (κ1) is 16.8. The third-order valence-electron chi connectivity index (χ3n) is 4.29. The predicted octanol–water partition coefficient (Wildman–Crippen LogP) is 2.48. The molecule has 0 saturated carbocycles. The number of H-pyrrole nitrogens is 1. The number of furan rings is 1. The average molecular weight is 340 g/mol. The molecule has 1 amide bonds. The molecule has 0 fully saturated rings. The minimum absolute atomic E-state index is 0.0568. The summed E-state index contributed by atoms with van der Waals surface area (Å²) < 4.78 is 7.02. The summed E-state index contributed by atoms with van der Waals surface area (Å²) in [5.41, 5.74) is 2.92. The largest absolute Gasteiger partial charge is 0.463 e. The van der Waals surface area contributed by atoms with Gasteiger partial charge in [0.15, 0.2) is 0 Å². The number of nitrogens with zero attached hydrogens (tertiary/aromatic N) is 2. The Morgan fingerprint density at radius 3 is 2.64 bits per heavy atom. The molecule has 0 aliphatic rings. The molecule has 0 aromatic carbocycles. The highest BCUT2D eigenvalue weighted by Crippen LogP contribution is 2.21. The molecule has 0 unspecified atom stereocenters. The van der Waals surface area contributed by atoms with Gasteiger partial charge in [0, 0.05) is 18.3 Å². The monoisotopic (exact) mass is 340 g/mol. The van der Waals surface area contributed by atoms with Gasteiger partial charge in [0.2, 0.25) is 0 Å².